The number of carbonyl (C=O) groups is 1. The SMILES string of the molecule is CCOC(=O)[C@H](C)Oc1ccc2c(=O)c(-c3ccc(Br)cc3)coc2c1. The summed E-state index contributed by atoms with van der Waals surface area (Å²) >= 11 is 3.38. The summed E-state index contributed by atoms with van der Waals surface area (Å²) in [5, 5.41) is 0.446. The highest BCUT2D eigenvalue weighted by atomic mass is 79.9. The molecule has 3 rings (SSSR count). The average Bonchev–Trinajstić information content (AvgIpc) is 2.63. The summed E-state index contributed by atoms with van der Waals surface area (Å²) in [5.74, 6) is -0.0165. The third-order valence-corrected chi connectivity index (χ3v) is 4.36. The van der Waals surface area contributed by atoms with E-state index in [0.717, 1.165) is 10.0 Å². The fourth-order valence-corrected chi connectivity index (χ4v) is 2.79. The van der Waals surface area contributed by atoms with Crippen LogP contribution in [0.1, 0.15) is 13.8 Å². The van der Waals surface area contributed by atoms with E-state index in [1.54, 1.807) is 32.0 Å². The smallest absolute Gasteiger partial charge is 0.347 e. The molecule has 0 spiro atoms. The van der Waals surface area contributed by atoms with E-state index in [2.05, 4.69) is 15.9 Å². The van der Waals surface area contributed by atoms with Crippen molar-refractivity contribution in [3.05, 3.63) is 63.4 Å². The van der Waals surface area contributed by atoms with Crippen molar-refractivity contribution < 1.29 is 18.7 Å². The van der Waals surface area contributed by atoms with Gasteiger partial charge in [0.1, 0.15) is 17.6 Å². The molecular formula is C20H17BrO5. The van der Waals surface area contributed by atoms with Crippen LogP contribution < -0.4 is 10.2 Å². The summed E-state index contributed by atoms with van der Waals surface area (Å²) in [7, 11) is 0. The van der Waals surface area contributed by atoms with Gasteiger partial charge in [-0.1, -0.05) is 28.1 Å². The maximum Gasteiger partial charge on any atom is 0.347 e. The quantitative estimate of drug-likeness (QED) is 0.570. The minimum Gasteiger partial charge on any atom is -0.479 e. The lowest BCUT2D eigenvalue weighted by Crippen LogP contribution is -2.26. The fraction of sp³-hybridized carbons (Fsp3) is 0.200. The Bertz CT molecular complexity index is 991. The van der Waals surface area contributed by atoms with Crippen LogP contribution >= 0.6 is 15.9 Å². The molecule has 1 atom stereocenters. The van der Waals surface area contributed by atoms with Gasteiger partial charge in [0.2, 0.25) is 0 Å². The molecular weight excluding hydrogens is 400 g/mol. The van der Waals surface area contributed by atoms with Gasteiger partial charge < -0.3 is 13.9 Å². The topological polar surface area (TPSA) is 65.7 Å². The Hall–Kier alpha value is -2.60. The third kappa shape index (κ3) is 3.80. The summed E-state index contributed by atoms with van der Waals surface area (Å²) < 4.78 is 17.0. The van der Waals surface area contributed by atoms with Crippen molar-refractivity contribution in [2.45, 2.75) is 20.0 Å². The van der Waals surface area contributed by atoms with E-state index in [-0.39, 0.29) is 12.0 Å². The molecule has 2 aromatic carbocycles. The Kier molecular flexibility index (Phi) is 5.42. The molecule has 0 fully saturated rings. The predicted molar refractivity (Wildman–Crippen MR) is 102 cm³/mol. The summed E-state index contributed by atoms with van der Waals surface area (Å²) in [6, 6.07) is 12.3. The molecule has 0 saturated heterocycles. The molecule has 0 radical (unpaired) electrons. The zero-order valence-electron chi connectivity index (χ0n) is 14.3. The Labute approximate surface area is 158 Å². The highest BCUT2D eigenvalue weighted by molar-refractivity contribution is 9.10. The molecule has 3 aromatic rings. The van der Waals surface area contributed by atoms with Crippen LogP contribution in [0.5, 0.6) is 5.75 Å². The van der Waals surface area contributed by atoms with Crippen LogP contribution in [0.15, 0.2) is 62.4 Å². The van der Waals surface area contributed by atoms with Gasteiger partial charge in [0, 0.05) is 10.5 Å². The van der Waals surface area contributed by atoms with E-state index < -0.39 is 12.1 Å². The Morgan fingerprint density at radius 2 is 1.92 bits per heavy atom. The molecule has 6 heteroatoms. The van der Waals surface area contributed by atoms with Gasteiger partial charge in [-0.3, -0.25) is 4.79 Å². The lowest BCUT2D eigenvalue weighted by Gasteiger charge is -2.13. The van der Waals surface area contributed by atoms with E-state index >= 15 is 0 Å². The molecule has 5 nitrogen and oxygen atoms in total. The zero-order valence-corrected chi connectivity index (χ0v) is 15.9. The number of esters is 1. The molecule has 0 aliphatic rings. The first-order valence-electron chi connectivity index (χ1n) is 8.14. The minimum absolute atomic E-state index is 0.126. The standard InChI is InChI=1S/C20H17BrO5/c1-3-24-20(23)12(2)26-15-8-9-16-18(10-15)25-11-17(19(16)22)13-4-6-14(21)7-5-13/h4-12H,3H2,1-2H3/t12-/m0/s1. The van der Waals surface area contributed by atoms with Crippen molar-refractivity contribution in [1.82, 2.24) is 0 Å². The number of hydrogen-bond donors (Lipinski definition) is 0. The van der Waals surface area contributed by atoms with Crippen molar-refractivity contribution in [3.8, 4) is 16.9 Å². The molecule has 134 valence electrons. The second-order valence-electron chi connectivity index (χ2n) is 5.66. The first kappa shape index (κ1) is 18.2. The fourth-order valence-electron chi connectivity index (χ4n) is 2.52. The molecule has 0 amide bonds. The second-order valence-corrected chi connectivity index (χ2v) is 6.57. The minimum atomic E-state index is -0.749. The maximum absolute atomic E-state index is 12.8. The van der Waals surface area contributed by atoms with Crippen LogP contribution in [-0.2, 0) is 9.53 Å². The summed E-state index contributed by atoms with van der Waals surface area (Å²) in [6.07, 6.45) is 0.688. The van der Waals surface area contributed by atoms with Gasteiger partial charge in [-0.05, 0) is 43.7 Å². The molecule has 1 heterocycles. The van der Waals surface area contributed by atoms with Crippen LogP contribution in [0.3, 0.4) is 0 Å². The van der Waals surface area contributed by atoms with E-state index in [9.17, 15) is 9.59 Å². The zero-order chi connectivity index (χ0) is 18.7. The number of rotatable bonds is 5. The van der Waals surface area contributed by atoms with Gasteiger partial charge in [0.05, 0.1) is 17.6 Å². The van der Waals surface area contributed by atoms with E-state index in [1.807, 2.05) is 24.3 Å². The van der Waals surface area contributed by atoms with Crippen molar-refractivity contribution in [1.29, 1.82) is 0 Å². The van der Waals surface area contributed by atoms with Crippen molar-refractivity contribution in [3.63, 3.8) is 0 Å². The molecule has 0 aliphatic carbocycles. The van der Waals surface area contributed by atoms with Crippen molar-refractivity contribution >= 4 is 32.9 Å². The largest absolute Gasteiger partial charge is 0.479 e. The Morgan fingerprint density at radius 3 is 2.62 bits per heavy atom. The van der Waals surface area contributed by atoms with Crippen LogP contribution in [0.25, 0.3) is 22.1 Å². The molecule has 0 saturated carbocycles. The van der Waals surface area contributed by atoms with Crippen LogP contribution in [-0.4, -0.2) is 18.7 Å². The molecule has 0 bridgehead atoms. The number of hydrogen-bond acceptors (Lipinski definition) is 5. The van der Waals surface area contributed by atoms with E-state index in [4.69, 9.17) is 13.9 Å². The lowest BCUT2D eigenvalue weighted by molar-refractivity contribution is -0.150. The first-order valence-corrected chi connectivity index (χ1v) is 8.93. The van der Waals surface area contributed by atoms with Crippen molar-refractivity contribution in [2.24, 2.45) is 0 Å². The lowest BCUT2D eigenvalue weighted by atomic mass is 10.1. The van der Waals surface area contributed by atoms with Crippen LogP contribution in [0.2, 0.25) is 0 Å². The average molecular weight is 417 g/mol. The third-order valence-electron chi connectivity index (χ3n) is 3.83. The molecule has 0 N–H and O–H groups in total. The summed E-state index contributed by atoms with van der Waals surface area (Å²) in [5.41, 5.74) is 1.53. The highest BCUT2D eigenvalue weighted by Crippen LogP contribution is 2.24. The number of ether oxygens (including phenoxy) is 2. The van der Waals surface area contributed by atoms with Gasteiger partial charge in [0.25, 0.3) is 0 Å². The molecule has 26 heavy (non-hydrogen) atoms. The number of halogens is 1. The van der Waals surface area contributed by atoms with Crippen LogP contribution in [0.4, 0.5) is 0 Å². The molecule has 0 unspecified atom stereocenters. The molecule has 0 aliphatic heterocycles. The Morgan fingerprint density at radius 1 is 1.19 bits per heavy atom. The monoisotopic (exact) mass is 416 g/mol. The predicted octanol–water partition coefficient (Wildman–Crippen LogP) is 4.55. The highest BCUT2D eigenvalue weighted by Gasteiger charge is 2.17. The normalized spacial score (nSPS) is 12.0. The Balaban J connectivity index is 1.92. The number of carbonyl (C=O) groups excluding carboxylic acids is 1. The van der Waals surface area contributed by atoms with Gasteiger partial charge in [-0.25, -0.2) is 4.79 Å². The van der Waals surface area contributed by atoms with E-state index in [1.165, 1.54) is 6.26 Å². The number of benzene rings is 2. The molecule has 1 aromatic heterocycles. The van der Waals surface area contributed by atoms with Gasteiger partial charge in [-0.2, -0.15) is 0 Å². The second kappa shape index (κ2) is 7.74. The summed E-state index contributed by atoms with van der Waals surface area (Å²) in [4.78, 5) is 24.4. The van der Waals surface area contributed by atoms with E-state index in [0.29, 0.717) is 22.3 Å². The number of fused-ring (bicyclic) bond motifs is 1. The van der Waals surface area contributed by atoms with Gasteiger partial charge >= 0.3 is 5.97 Å². The van der Waals surface area contributed by atoms with Crippen molar-refractivity contribution in [2.75, 3.05) is 6.61 Å². The maximum atomic E-state index is 12.8. The van der Waals surface area contributed by atoms with Gasteiger partial charge in [-0.15, -0.1) is 0 Å². The van der Waals surface area contributed by atoms with Crippen LogP contribution in [0, 0.1) is 0 Å². The summed E-state index contributed by atoms with van der Waals surface area (Å²) in [6.45, 7) is 3.63. The van der Waals surface area contributed by atoms with Gasteiger partial charge in [0.15, 0.2) is 11.5 Å². The first-order chi connectivity index (χ1) is 12.5.